The molecule has 0 spiro atoms. The van der Waals surface area contributed by atoms with Crippen molar-refractivity contribution in [2.75, 3.05) is 41.0 Å². The quantitative estimate of drug-likeness (QED) is 0.0462. The molecule has 0 saturated carbocycles. The fraction of sp³-hybridized carbons (Fsp3) is 0.250. The van der Waals surface area contributed by atoms with Gasteiger partial charge in [-0.15, -0.1) is 0 Å². The Kier molecular flexibility index (Phi) is 18.9. The van der Waals surface area contributed by atoms with E-state index >= 15 is 0 Å². The van der Waals surface area contributed by atoms with Gasteiger partial charge >= 0.3 is 18.1 Å². The molecule has 6 N–H and O–H groups in total. The zero-order chi connectivity index (χ0) is 80.8. The summed E-state index contributed by atoms with van der Waals surface area (Å²) in [5.74, 6) is -0.319. The summed E-state index contributed by atoms with van der Waals surface area (Å²) >= 11 is 0. The Hall–Kier alpha value is -14.0. The maximum Gasteiger partial charge on any atom is 0.322 e. The lowest BCUT2D eigenvalue weighted by Crippen LogP contribution is -2.52. The molecule has 6 aliphatic rings. The first-order valence-electron chi connectivity index (χ1n) is 37.7. The predicted octanol–water partition coefficient (Wildman–Crippen LogP) is 11.8. The lowest BCUT2D eigenvalue weighted by atomic mass is 9.87. The van der Waals surface area contributed by atoms with Crippen molar-refractivity contribution < 1.29 is 57.4 Å². The minimum atomic E-state index is -1.41. The van der Waals surface area contributed by atoms with Crippen LogP contribution in [0.2, 0.25) is 0 Å². The molecule has 27 heteroatoms. The number of carbonyl (C=O) groups is 9. The van der Waals surface area contributed by atoms with Gasteiger partial charge in [0.15, 0.2) is 16.6 Å². The number of nitrogens with one attached hydrogen (secondary N) is 6. The van der Waals surface area contributed by atoms with Gasteiger partial charge in [-0.05, 0) is 205 Å². The molecule has 3 saturated heterocycles. The standard InChI is InChI=1S/2C30H29N5O4.C28H25N5O4/c1-17(2)35-26-18(3)11-21(12-22(26)14-31-35)19-5-8-23(9-6-19)30(28(37)32-29(38)33-30)16-34-15-20-7-10-24(39-4)13-25(20)27(34)36;1-17(2)35-15-22-12-21(11-18(3)26(22)33-35)19-5-8-23(9-6-19)30(28(37)31-29(38)32-30)16-34-14-20-7-10-24(39-4)13-25(20)27(34)36;1-16-10-19(11-20-13-32(2)31-24(16)20)17-4-7-21(8-5-17)28(26(35)29-27(36)30-28)15-33-14-18-6-9-22(37-3)12-23(18)25(33)34/h5-14,17H,15-16H2,1-4H3,(H2,32,33,37,38);5-13,15,17H,14,16H2,1-4H3,(H2,31,32,37,38);4-13H,14-15H2,1-3H3,(H2,29,30,35,36)/t2*30-;28-/m000/s1. The molecule has 9 aromatic carbocycles. The van der Waals surface area contributed by atoms with Crippen LogP contribution in [0.25, 0.3) is 66.1 Å². The van der Waals surface area contributed by atoms with Crippen molar-refractivity contribution >= 4 is 86.2 Å². The van der Waals surface area contributed by atoms with Crippen molar-refractivity contribution in [1.29, 1.82) is 0 Å². The molecule has 0 aliphatic carbocycles. The van der Waals surface area contributed by atoms with E-state index in [2.05, 4.69) is 119 Å². The number of hydrogen-bond acceptors (Lipinski definition) is 15. The van der Waals surface area contributed by atoms with E-state index in [-0.39, 0.29) is 49.4 Å². The van der Waals surface area contributed by atoms with Crippen LogP contribution in [0.1, 0.15) is 121 Å². The number of amides is 12. The van der Waals surface area contributed by atoms with Crippen molar-refractivity contribution in [1.82, 2.24) is 75.9 Å². The summed E-state index contributed by atoms with van der Waals surface area (Å²) in [7, 11) is 6.54. The van der Waals surface area contributed by atoms with Gasteiger partial charge in [-0.1, -0.05) is 91.0 Å². The summed E-state index contributed by atoms with van der Waals surface area (Å²) in [5.41, 5.74) is 14.1. The van der Waals surface area contributed by atoms with Crippen LogP contribution in [0, 0.1) is 20.8 Å². The second-order valence-electron chi connectivity index (χ2n) is 30.6. The lowest BCUT2D eigenvalue weighted by molar-refractivity contribution is -0.125. The number of methoxy groups -OCH3 is 3. The van der Waals surface area contributed by atoms with Gasteiger partial charge in [-0.2, -0.15) is 15.3 Å². The second kappa shape index (κ2) is 29.0. The molecule has 3 aromatic heterocycles. The number of fused-ring (bicyclic) bond motifs is 6. The van der Waals surface area contributed by atoms with Crippen molar-refractivity contribution in [2.24, 2.45) is 7.05 Å². The number of carbonyl (C=O) groups excluding carboxylic acids is 9. The summed E-state index contributed by atoms with van der Waals surface area (Å²) in [6.45, 7) is 15.6. The molecule has 3 atom stereocenters. The number of imide groups is 3. The summed E-state index contributed by atoms with van der Waals surface area (Å²) in [5, 5.41) is 32.4. The van der Waals surface area contributed by atoms with E-state index in [1.54, 1.807) is 77.1 Å². The SMILES string of the molecule is COc1ccc2c(c1)C(=O)N(C[C@@]1(c3ccc(-c4cc(C)c5c(cnn5C(C)C)c4)cc3)NC(=O)NC1=O)C2.COc1ccc2c(c1)C(=O)N(C[C@@]1(c3ccc(-c4cc(C)c5nn(C(C)C)cc5c4)cc3)NC(=O)NC1=O)C2.COc1ccc2c(c1)C(=O)N(C[C@@]1(c3ccc(-c4cc(C)c5nn(C)cc5c4)cc3)NC(=O)NC1=O)C2. The molecule has 27 nitrogen and oxygen atoms in total. The molecule has 0 radical (unpaired) electrons. The van der Waals surface area contributed by atoms with Gasteiger partial charge in [-0.25, -0.2) is 14.4 Å². The molecular formula is C88H83N15O12. The van der Waals surface area contributed by atoms with Crippen LogP contribution in [0.5, 0.6) is 17.2 Å². The van der Waals surface area contributed by atoms with Gasteiger partial charge < -0.3 is 44.9 Å². The largest absolute Gasteiger partial charge is 0.497 e. The van der Waals surface area contributed by atoms with E-state index in [1.807, 2.05) is 134 Å². The van der Waals surface area contributed by atoms with Crippen LogP contribution in [-0.4, -0.2) is 139 Å². The highest BCUT2D eigenvalue weighted by Gasteiger charge is 2.54. The fourth-order valence-corrected chi connectivity index (χ4v) is 16.5. The topological polar surface area (TPSA) is 317 Å². The normalized spacial score (nSPS) is 18.7. The number of benzene rings is 9. The van der Waals surface area contributed by atoms with E-state index in [0.29, 0.717) is 70.3 Å². The minimum Gasteiger partial charge on any atom is -0.497 e. The first kappa shape index (κ1) is 75.1. The maximum atomic E-state index is 13.3. The predicted molar refractivity (Wildman–Crippen MR) is 430 cm³/mol. The summed E-state index contributed by atoms with van der Waals surface area (Å²) < 4.78 is 21.6. The van der Waals surface area contributed by atoms with E-state index in [9.17, 15) is 43.2 Å². The third kappa shape index (κ3) is 13.4. The molecule has 0 bridgehead atoms. The van der Waals surface area contributed by atoms with Gasteiger partial charge in [-0.3, -0.25) is 58.8 Å². The number of aromatic nitrogens is 6. The van der Waals surface area contributed by atoms with Crippen LogP contribution in [-0.2, 0) is 57.7 Å². The maximum absolute atomic E-state index is 13.3. The van der Waals surface area contributed by atoms with E-state index in [4.69, 9.17) is 19.3 Å². The zero-order valence-corrected chi connectivity index (χ0v) is 65.1. The van der Waals surface area contributed by atoms with Crippen LogP contribution in [0.4, 0.5) is 14.4 Å². The van der Waals surface area contributed by atoms with E-state index in [0.717, 1.165) is 99.5 Å². The third-order valence-electron chi connectivity index (χ3n) is 22.5. The van der Waals surface area contributed by atoms with Crippen LogP contribution < -0.4 is 46.1 Å². The number of nitrogens with zero attached hydrogens (tertiary/aromatic N) is 9. The summed E-state index contributed by atoms with van der Waals surface area (Å²) in [6, 6.07) is 50.1. The molecule has 6 aliphatic heterocycles. The average Bonchev–Trinajstić information content (AvgIpc) is 1.62. The van der Waals surface area contributed by atoms with Crippen molar-refractivity contribution in [3.05, 3.63) is 249 Å². The van der Waals surface area contributed by atoms with Crippen molar-refractivity contribution in [3.8, 4) is 50.6 Å². The molecular weight excluding hydrogens is 1460 g/mol. The summed E-state index contributed by atoms with van der Waals surface area (Å²) in [4.78, 5) is 121. The highest BCUT2D eigenvalue weighted by atomic mass is 16.5. The molecule has 9 heterocycles. The lowest BCUT2D eigenvalue weighted by Gasteiger charge is -2.31. The van der Waals surface area contributed by atoms with Crippen molar-refractivity contribution in [2.45, 2.75) is 96.8 Å². The Bertz CT molecular complexity index is 5920. The van der Waals surface area contributed by atoms with Crippen LogP contribution >= 0.6 is 0 Å². The monoisotopic (exact) mass is 1540 g/mol. The number of rotatable bonds is 17. The molecule has 12 amide bonds. The van der Waals surface area contributed by atoms with Crippen molar-refractivity contribution in [3.63, 3.8) is 0 Å². The van der Waals surface area contributed by atoms with Crippen LogP contribution in [0.15, 0.2) is 182 Å². The summed E-state index contributed by atoms with van der Waals surface area (Å²) in [6.07, 6.45) is 5.92. The first-order valence-corrected chi connectivity index (χ1v) is 37.7. The average molecular weight is 1540 g/mol. The minimum absolute atomic E-state index is 0.000497. The van der Waals surface area contributed by atoms with Crippen LogP contribution in [0.3, 0.4) is 0 Å². The highest BCUT2D eigenvalue weighted by molar-refractivity contribution is 6.11. The Balaban J connectivity index is 0.000000130. The number of ether oxygens (including phenoxy) is 3. The van der Waals surface area contributed by atoms with Gasteiger partial charge in [0, 0.05) is 84.0 Å². The number of urea groups is 3. The molecule has 0 unspecified atom stereocenters. The third-order valence-corrected chi connectivity index (χ3v) is 22.5. The second-order valence-corrected chi connectivity index (χ2v) is 30.6. The molecule has 3 fully saturated rings. The smallest absolute Gasteiger partial charge is 0.322 e. The first-order chi connectivity index (χ1) is 55.1. The molecule has 115 heavy (non-hydrogen) atoms. The Labute approximate surface area is 660 Å². The Morgan fingerprint density at radius 1 is 0.400 bits per heavy atom. The van der Waals surface area contributed by atoms with Gasteiger partial charge in [0.1, 0.15) is 17.2 Å². The molecule has 18 rings (SSSR count). The van der Waals surface area contributed by atoms with Gasteiger partial charge in [0.25, 0.3) is 35.4 Å². The number of aryl methyl sites for hydroxylation is 4. The molecule has 582 valence electrons. The highest BCUT2D eigenvalue weighted by Crippen LogP contribution is 2.40. The Morgan fingerprint density at radius 2 is 0.748 bits per heavy atom. The van der Waals surface area contributed by atoms with Gasteiger partial charge in [0.05, 0.1) is 63.7 Å². The number of hydrogen-bond donors (Lipinski definition) is 6. The fourth-order valence-electron chi connectivity index (χ4n) is 16.5. The zero-order valence-electron chi connectivity index (χ0n) is 65.1. The van der Waals surface area contributed by atoms with Gasteiger partial charge in [0.2, 0.25) is 0 Å². The molecule has 12 aromatic rings. The van der Waals surface area contributed by atoms with E-state index in [1.165, 1.54) is 0 Å². The Morgan fingerprint density at radius 3 is 1.09 bits per heavy atom. The van der Waals surface area contributed by atoms with E-state index < -0.39 is 52.4 Å².